The average Bonchev–Trinajstić information content (AvgIpc) is 3.25. The number of hydrogen-bond donors (Lipinski definition) is 0. The second-order valence-electron chi connectivity index (χ2n) is 21.5. The average molecular weight is 986 g/mol. The number of nitrogens with zero attached hydrogens (tertiary/aromatic N) is 5. The Hall–Kier alpha value is -7.02. The van der Waals surface area contributed by atoms with Crippen molar-refractivity contribution in [2.75, 3.05) is 0 Å². The van der Waals surface area contributed by atoms with Gasteiger partial charge in [0.15, 0.2) is 0 Å². The van der Waals surface area contributed by atoms with Crippen LogP contribution in [0.15, 0.2) is 91.0 Å². The number of allylic oxidation sites excluding steroid dienone is 5. The van der Waals surface area contributed by atoms with Crippen LogP contribution in [0.5, 0.6) is 0 Å². The highest BCUT2D eigenvalue weighted by molar-refractivity contribution is 14.1. The molecule has 0 aromatic heterocycles. The van der Waals surface area contributed by atoms with Crippen molar-refractivity contribution in [3.05, 3.63) is 172 Å². The second kappa shape index (κ2) is 19.1. The van der Waals surface area contributed by atoms with E-state index >= 15 is 0 Å². The van der Waals surface area contributed by atoms with Gasteiger partial charge in [0.05, 0.1) is 58.2 Å². The van der Waals surface area contributed by atoms with Gasteiger partial charge in [-0.2, -0.15) is 26.3 Å². The van der Waals surface area contributed by atoms with E-state index in [2.05, 4.69) is 160 Å². The van der Waals surface area contributed by atoms with E-state index in [1.807, 2.05) is 97.1 Å². The molecule has 0 saturated carbocycles. The third-order valence-corrected chi connectivity index (χ3v) is 12.5. The van der Waals surface area contributed by atoms with Crippen LogP contribution in [0.3, 0.4) is 0 Å². The number of hydrogen-bond acceptors (Lipinski definition) is 5. The molecule has 5 nitrogen and oxygen atoms in total. The predicted molar refractivity (Wildman–Crippen MR) is 287 cm³/mol. The summed E-state index contributed by atoms with van der Waals surface area (Å²) in [6, 6.07) is 42.5. The van der Waals surface area contributed by atoms with Gasteiger partial charge in [0.25, 0.3) is 0 Å². The minimum Gasteiger partial charge on any atom is -0.192 e. The SMILES string of the molecule is CC(C)(C)c1cc2cc(c1)/C(C#N)=C/c1cc(cc(C(C)(C)C)c1)/C(C#N)=C/c1cc(cc(C(C)(C)C)c1)/C(C#N)=C/c1cc(cc(C(C)(C)C)c1)/C(C#N)=C/c1cc(I)cc(c1)C(C#N)=C2. The maximum Gasteiger partial charge on any atom is 0.0998 e. The van der Waals surface area contributed by atoms with Crippen LogP contribution in [0.4, 0.5) is 0 Å². The van der Waals surface area contributed by atoms with E-state index in [0.717, 1.165) is 53.6 Å². The van der Waals surface area contributed by atoms with Gasteiger partial charge in [-0.15, -0.1) is 0 Å². The van der Waals surface area contributed by atoms with Crippen molar-refractivity contribution in [3.63, 3.8) is 0 Å². The molecule has 0 spiro atoms. The largest absolute Gasteiger partial charge is 0.192 e. The molecule has 1 aliphatic carbocycles. The van der Waals surface area contributed by atoms with Gasteiger partial charge in [-0.05, 0) is 219 Å². The van der Waals surface area contributed by atoms with Crippen LogP contribution >= 0.6 is 22.6 Å². The fraction of sp³-hybridized carbons (Fsp3) is 0.262. The molecule has 10 bridgehead atoms. The molecule has 0 unspecified atom stereocenters. The molecule has 0 saturated heterocycles. The summed E-state index contributed by atoms with van der Waals surface area (Å²) in [7, 11) is 0. The Balaban J connectivity index is 1.77. The molecule has 0 heterocycles. The smallest absolute Gasteiger partial charge is 0.0998 e. The Labute approximate surface area is 412 Å². The first kappa shape index (κ1) is 49.4. The first-order valence-electron chi connectivity index (χ1n) is 22.4. The lowest BCUT2D eigenvalue weighted by Gasteiger charge is -2.22. The number of nitriles is 5. The molecule has 5 aromatic carbocycles. The Morgan fingerprint density at radius 3 is 0.672 bits per heavy atom. The number of fused-ring (bicyclic) bond motifs is 10. The minimum atomic E-state index is -0.292. The van der Waals surface area contributed by atoms with Gasteiger partial charge in [0.1, 0.15) is 0 Å². The van der Waals surface area contributed by atoms with E-state index in [0.29, 0.717) is 55.7 Å². The van der Waals surface area contributed by atoms with Gasteiger partial charge in [-0.3, -0.25) is 0 Å². The van der Waals surface area contributed by atoms with Gasteiger partial charge >= 0.3 is 0 Å². The van der Waals surface area contributed by atoms with Crippen molar-refractivity contribution in [2.45, 2.75) is 105 Å². The molecule has 6 rings (SSSR count). The van der Waals surface area contributed by atoms with Gasteiger partial charge in [0, 0.05) is 3.57 Å². The van der Waals surface area contributed by atoms with E-state index < -0.39 is 0 Å². The summed E-state index contributed by atoms with van der Waals surface area (Å²) in [6.07, 6.45) is 9.35. The highest BCUT2D eigenvalue weighted by Crippen LogP contribution is 2.36. The lowest BCUT2D eigenvalue weighted by Crippen LogP contribution is -2.12. The summed E-state index contributed by atoms with van der Waals surface area (Å²) in [6.45, 7) is 25.5. The zero-order valence-corrected chi connectivity index (χ0v) is 42.8. The zero-order chi connectivity index (χ0) is 49.2. The number of halogens is 1. The van der Waals surface area contributed by atoms with Crippen LogP contribution in [0.25, 0.3) is 58.2 Å². The van der Waals surface area contributed by atoms with Crippen molar-refractivity contribution in [1.29, 1.82) is 26.3 Å². The molecule has 67 heavy (non-hydrogen) atoms. The molecule has 0 aliphatic heterocycles. The molecule has 0 N–H and O–H groups in total. The maximum absolute atomic E-state index is 10.9. The molecule has 332 valence electrons. The van der Waals surface area contributed by atoms with E-state index in [4.69, 9.17) is 0 Å². The number of benzene rings is 5. The third kappa shape index (κ3) is 11.9. The Kier molecular flexibility index (Phi) is 14.1. The van der Waals surface area contributed by atoms with E-state index in [1.165, 1.54) is 0 Å². The lowest BCUT2D eigenvalue weighted by molar-refractivity contribution is 0.589. The molecule has 0 amide bonds. The van der Waals surface area contributed by atoms with E-state index in [-0.39, 0.29) is 21.7 Å². The first-order chi connectivity index (χ1) is 31.3. The van der Waals surface area contributed by atoms with Gasteiger partial charge < -0.3 is 0 Å². The summed E-state index contributed by atoms with van der Waals surface area (Å²) in [5.74, 6) is 0. The molecule has 1 aliphatic rings. The normalized spacial score (nSPS) is 16.6. The molecule has 0 atom stereocenters. The topological polar surface area (TPSA) is 119 Å². The maximum atomic E-state index is 10.9. The van der Waals surface area contributed by atoms with Gasteiger partial charge in [-0.25, -0.2) is 0 Å². The van der Waals surface area contributed by atoms with Crippen molar-refractivity contribution >= 4 is 80.8 Å². The summed E-state index contributed by atoms with van der Waals surface area (Å²) in [5, 5.41) is 54.1. The minimum absolute atomic E-state index is 0.287. The van der Waals surface area contributed by atoms with E-state index in [1.54, 1.807) is 0 Å². The number of rotatable bonds is 0. The monoisotopic (exact) mass is 985 g/mol. The molecular weight excluding hydrogens is 930 g/mol. The summed E-state index contributed by atoms with van der Waals surface area (Å²) in [4.78, 5) is 0. The second-order valence-corrected chi connectivity index (χ2v) is 22.7. The van der Waals surface area contributed by atoms with Crippen LogP contribution < -0.4 is 0 Å². The third-order valence-electron chi connectivity index (χ3n) is 11.9. The summed E-state index contributed by atoms with van der Waals surface area (Å²) < 4.78 is 0.893. The van der Waals surface area contributed by atoms with E-state index in [9.17, 15) is 26.3 Å². The van der Waals surface area contributed by atoms with Crippen molar-refractivity contribution < 1.29 is 0 Å². The van der Waals surface area contributed by atoms with Crippen LogP contribution in [-0.4, -0.2) is 0 Å². The fourth-order valence-corrected chi connectivity index (χ4v) is 8.57. The molecule has 5 aromatic rings. The molecule has 6 heteroatoms. The fourth-order valence-electron chi connectivity index (χ4n) is 7.88. The predicted octanol–water partition coefficient (Wildman–Crippen LogP) is 16.1. The van der Waals surface area contributed by atoms with Crippen LogP contribution in [0.2, 0.25) is 0 Å². The highest BCUT2D eigenvalue weighted by atomic mass is 127. The van der Waals surface area contributed by atoms with Crippen LogP contribution in [-0.2, 0) is 21.7 Å². The van der Waals surface area contributed by atoms with Crippen LogP contribution in [0.1, 0.15) is 161 Å². The highest BCUT2D eigenvalue weighted by Gasteiger charge is 2.22. The molecule has 0 radical (unpaired) electrons. The Morgan fingerprint density at radius 1 is 0.284 bits per heavy atom. The first-order valence-corrected chi connectivity index (χ1v) is 23.4. The lowest BCUT2D eigenvalue weighted by atomic mass is 9.82. The van der Waals surface area contributed by atoms with Crippen molar-refractivity contribution in [2.24, 2.45) is 0 Å². The standard InChI is InChI=1S/C61H56IN5/c1-58(2,3)53-23-38-13-44(29-53)49(34-64)20-40-15-46(31-55(25-40)60(7,8)9)51(36-66)22-42-17-47(32-57(62)27-42)52(37-67)21-41-16-45(30-56(26-41)61(10,11)12)50(35-65)19-39-14-43(48(18-38)33-63)28-54(24-39)59(4,5)6/h13-32H,1-12H3/b48-18+,49-20+,50-19+,51-22+,52-21?. The Morgan fingerprint density at radius 2 is 0.478 bits per heavy atom. The zero-order valence-electron chi connectivity index (χ0n) is 40.7. The summed E-state index contributed by atoms with van der Waals surface area (Å²) >= 11 is 2.25. The van der Waals surface area contributed by atoms with Crippen molar-refractivity contribution in [1.82, 2.24) is 0 Å². The Bertz CT molecular complexity index is 3190. The van der Waals surface area contributed by atoms with Gasteiger partial charge in [0.2, 0.25) is 0 Å². The van der Waals surface area contributed by atoms with Gasteiger partial charge in [-0.1, -0.05) is 107 Å². The summed E-state index contributed by atoms with van der Waals surface area (Å²) in [5.41, 5.74) is 12.4. The van der Waals surface area contributed by atoms with Crippen molar-refractivity contribution in [3.8, 4) is 30.3 Å². The van der Waals surface area contributed by atoms with Crippen LogP contribution in [0, 0.1) is 60.2 Å². The molecular formula is C61H56IN5. The molecule has 0 fully saturated rings. The quantitative estimate of drug-likeness (QED) is 0.143.